The van der Waals surface area contributed by atoms with Gasteiger partial charge in [-0.25, -0.2) is 4.98 Å². The predicted octanol–water partition coefficient (Wildman–Crippen LogP) is 2.16. The highest BCUT2D eigenvalue weighted by molar-refractivity contribution is 7.98. The van der Waals surface area contributed by atoms with Crippen molar-refractivity contribution in [3.63, 3.8) is 0 Å². The Balaban J connectivity index is 2.15. The number of imidazole rings is 1. The largest absolute Gasteiger partial charge is 0.369 e. The van der Waals surface area contributed by atoms with Crippen LogP contribution in [0.3, 0.4) is 0 Å². The molecule has 18 heavy (non-hydrogen) atoms. The predicted molar refractivity (Wildman–Crippen MR) is 71.0 cm³/mol. The molecule has 1 aromatic heterocycles. The number of carbonyl (C=O) groups is 1. The van der Waals surface area contributed by atoms with Crippen LogP contribution in [0, 0.1) is 0 Å². The second kappa shape index (κ2) is 4.33. The molecule has 1 aromatic carbocycles. The summed E-state index contributed by atoms with van der Waals surface area (Å²) in [6.45, 7) is 0. The number of amides is 1. The maximum absolute atomic E-state index is 11.1. The van der Waals surface area contributed by atoms with Gasteiger partial charge in [0.1, 0.15) is 5.82 Å². The molecule has 0 fully saturated rings. The van der Waals surface area contributed by atoms with E-state index in [0.29, 0.717) is 10.8 Å². The van der Waals surface area contributed by atoms with Crippen molar-refractivity contribution in [1.82, 2.24) is 9.55 Å². The molecule has 0 radical (unpaired) electrons. The monoisotopic (exact) mass is 279 g/mol. The molecule has 0 saturated heterocycles. The maximum atomic E-state index is 11.1. The Kier molecular flexibility index (Phi) is 2.80. The van der Waals surface area contributed by atoms with E-state index >= 15 is 0 Å². The smallest absolute Gasteiger partial charge is 0.225 e. The molecular weight excluding hydrogens is 270 g/mol. The Bertz CT molecular complexity index is 638. The van der Waals surface area contributed by atoms with Crippen molar-refractivity contribution >= 4 is 29.3 Å². The molecular formula is C12H10ClN3OS. The van der Waals surface area contributed by atoms with E-state index in [1.54, 1.807) is 18.0 Å². The molecule has 2 heterocycles. The third-order valence-corrected chi connectivity index (χ3v) is 4.09. The second-order valence-corrected chi connectivity index (χ2v) is 5.50. The third kappa shape index (κ3) is 1.89. The maximum Gasteiger partial charge on any atom is 0.225 e. The van der Waals surface area contributed by atoms with Crippen LogP contribution in [0.15, 0.2) is 29.3 Å². The number of aromatic nitrogens is 2. The van der Waals surface area contributed by atoms with Gasteiger partial charge in [-0.3, -0.25) is 9.36 Å². The van der Waals surface area contributed by atoms with Gasteiger partial charge in [-0.05, 0) is 18.2 Å². The van der Waals surface area contributed by atoms with Gasteiger partial charge < -0.3 is 5.73 Å². The van der Waals surface area contributed by atoms with Gasteiger partial charge in [0.25, 0.3) is 0 Å². The number of hydrogen-bond donors (Lipinski definition) is 1. The first kappa shape index (κ1) is 11.6. The van der Waals surface area contributed by atoms with Crippen molar-refractivity contribution in [1.29, 1.82) is 0 Å². The van der Waals surface area contributed by atoms with Gasteiger partial charge in [0, 0.05) is 21.9 Å². The zero-order valence-corrected chi connectivity index (χ0v) is 11.0. The van der Waals surface area contributed by atoms with E-state index in [-0.39, 0.29) is 12.3 Å². The number of carbonyl (C=O) groups excluding carboxylic acids is 1. The van der Waals surface area contributed by atoms with E-state index in [0.717, 1.165) is 22.0 Å². The van der Waals surface area contributed by atoms with Crippen molar-refractivity contribution in [2.75, 3.05) is 0 Å². The highest BCUT2D eigenvalue weighted by Crippen LogP contribution is 2.37. The van der Waals surface area contributed by atoms with E-state index in [4.69, 9.17) is 17.3 Å². The summed E-state index contributed by atoms with van der Waals surface area (Å²) >= 11 is 7.71. The topological polar surface area (TPSA) is 60.9 Å². The fourth-order valence-corrected chi connectivity index (χ4v) is 3.31. The summed E-state index contributed by atoms with van der Waals surface area (Å²) in [6, 6.07) is 5.71. The summed E-state index contributed by atoms with van der Waals surface area (Å²) in [5, 5.41) is 0.710. The Morgan fingerprint density at radius 3 is 3.17 bits per heavy atom. The van der Waals surface area contributed by atoms with Crippen LogP contribution >= 0.6 is 23.4 Å². The number of benzene rings is 1. The molecule has 0 saturated carbocycles. The van der Waals surface area contributed by atoms with E-state index in [1.807, 2.05) is 22.8 Å². The molecule has 0 atom stereocenters. The van der Waals surface area contributed by atoms with Crippen molar-refractivity contribution in [3.05, 3.63) is 40.9 Å². The Morgan fingerprint density at radius 2 is 2.39 bits per heavy atom. The summed E-state index contributed by atoms with van der Waals surface area (Å²) in [6.07, 6.45) is 1.94. The number of primary amides is 1. The Labute approximate surface area is 113 Å². The zero-order chi connectivity index (χ0) is 12.7. The lowest BCUT2D eigenvalue weighted by Crippen LogP contribution is -2.18. The Morgan fingerprint density at radius 1 is 1.56 bits per heavy atom. The number of fused-ring (bicyclic) bond motifs is 3. The van der Waals surface area contributed by atoms with Crippen molar-refractivity contribution in [3.8, 4) is 5.69 Å². The minimum atomic E-state index is -0.378. The Hall–Kier alpha value is -1.46. The van der Waals surface area contributed by atoms with Crippen LogP contribution < -0.4 is 5.73 Å². The normalized spacial score (nSPS) is 12.9. The number of nitrogens with two attached hydrogens (primary N) is 1. The van der Waals surface area contributed by atoms with Gasteiger partial charge in [0.15, 0.2) is 0 Å². The van der Waals surface area contributed by atoms with Crippen molar-refractivity contribution in [2.45, 2.75) is 17.1 Å². The number of thioether (sulfide) groups is 1. The fraction of sp³-hybridized carbons (Fsp3) is 0.167. The van der Waals surface area contributed by atoms with Crippen LogP contribution in [0.1, 0.15) is 11.5 Å². The summed E-state index contributed by atoms with van der Waals surface area (Å²) in [5.74, 6) is 1.12. The first-order valence-electron chi connectivity index (χ1n) is 5.41. The molecule has 0 bridgehead atoms. The van der Waals surface area contributed by atoms with Crippen LogP contribution in [-0.2, 0) is 17.0 Å². The number of rotatable bonds is 2. The molecule has 92 valence electrons. The standard InChI is InChI=1S/C12H10ClN3OS/c13-7-1-2-9-10(3-7)18-6-8-5-15-12(16(8)9)4-11(14)17/h1-3,5H,4,6H2,(H2,14,17). The lowest BCUT2D eigenvalue weighted by molar-refractivity contribution is -0.117. The van der Waals surface area contributed by atoms with Gasteiger partial charge >= 0.3 is 0 Å². The summed E-state index contributed by atoms with van der Waals surface area (Å²) in [7, 11) is 0. The lowest BCUT2D eigenvalue weighted by Gasteiger charge is -2.20. The number of nitrogens with zero attached hydrogens (tertiary/aromatic N) is 2. The zero-order valence-electron chi connectivity index (χ0n) is 9.39. The van der Waals surface area contributed by atoms with Crippen molar-refractivity contribution in [2.24, 2.45) is 5.73 Å². The molecule has 0 unspecified atom stereocenters. The van der Waals surface area contributed by atoms with Crippen molar-refractivity contribution < 1.29 is 4.79 Å². The van der Waals surface area contributed by atoms with E-state index in [2.05, 4.69) is 4.98 Å². The van der Waals surface area contributed by atoms with Crippen LogP contribution in [-0.4, -0.2) is 15.5 Å². The molecule has 0 aliphatic carbocycles. The molecule has 2 N–H and O–H groups in total. The summed E-state index contributed by atoms with van der Waals surface area (Å²) < 4.78 is 1.99. The highest BCUT2D eigenvalue weighted by atomic mass is 35.5. The fourth-order valence-electron chi connectivity index (χ4n) is 2.05. The lowest BCUT2D eigenvalue weighted by atomic mass is 10.2. The van der Waals surface area contributed by atoms with Crippen LogP contribution in [0.2, 0.25) is 5.02 Å². The highest BCUT2D eigenvalue weighted by Gasteiger charge is 2.21. The minimum Gasteiger partial charge on any atom is -0.369 e. The van der Waals surface area contributed by atoms with Gasteiger partial charge in [-0.2, -0.15) is 0 Å². The van der Waals surface area contributed by atoms with Gasteiger partial charge in [0.05, 0.1) is 17.8 Å². The van der Waals surface area contributed by atoms with E-state index in [1.165, 1.54) is 0 Å². The van der Waals surface area contributed by atoms with Crippen LogP contribution in [0.25, 0.3) is 5.69 Å². The molecule has 6 heteroatoms. The van der Waals surface area contributed by atoms with Gasteiger partial charge in [-0.1, -0.05) is 11.6 Å². The first-order chi connectivity index (χ1) is 8.65. The molecule has 3 rings (SSSR count). The summed E-state index contributed by atoms with van der Waals surface area (Å²) in [4.78, 5) is 16.4. The average Bonchev–Trinajstić information content (AvgIpc) is 2.71. The molecule has 1 amide bonds. The summed E-state index contributed by atoms with van der Waals surface area (Å²) in [5.41, 5.74) is 7.33. The third-order valence-electron chi connectivity index (χ3n) is 2.78. The second-order valence-electron chi connectivity index (χ2n) is 4.04. The minimum absolute atomic E-state index is 0.146. The SMILES string of the molecule is NC(=O)Cc1ncc2n1-c1ccc(Cl)cc1SC2. The average molecular weight is 280 g/mol. The molecule has 1 aliphatic rings. The van der Waals surface area contributed by atoms with E-state index in [9.17, 15) is 4.79 Å². The van der Waals surface area contributed by atoms with Gasteiger partial charge in [0.2, 0.25) is 5.91 Å². The number of hydrogen-bond acceptors (Lipinski definition) is 3. The van der Waals surface area contributed by atoms with E-state index < -0.39 is 0 Å². The molecule has 4 nitrogen and oxygen atoms in total. The first-order valence-corrected chi connectivity index (χ1v) is 6.78. The molecule has 2 aromatic rings. The quantitative estimate of drug-likeness (QED) is 0.916. The van der Waals surface area contributed by atoms with Crippen LogP contribution in [0.5, 0.6) is 0 Å². The molecule has 0 spiro atoms. The van der Waals surface area contributed by atoms with Crippen LogP contribution in [0.4, 0.5) is 0 Å². The molecule has 1 aliphatic heterocycles. The number of halogens is 1. The van der Waals surface area contributed by atoms with Gasteiger partial charge in [-0.15, -0.1) is 11.8 Å².